The minimum atomic E-state index is -0.437. The molecule has 1 unspecified atom stereocenters. The highest BCUT2D eigenvalue weighted by atomic mass is 35.5. The van der Waals surface area contributed by atoms with Crippen LogP contribution in [0.2, 0.25) is 10.0 Å². The van der Waals surface area contributed by atoms with E-state index in [4.69, 9.17) is 23.2 Å². The number of carbonyl (C=O) groups is 1. The average molecular weight is 396 g/mol. The van der Waals surface area contributed by atoms with Crippen LogP contribution in [0, 0.1) is 0 Å². The Morgan fingerprint density at radius 1 is 0.889 bits per heavy atom. The first kappa shape index (κ1) is 17.6. The summed E-state index contributed by atoms with van der Waals surface area (Å²) in [7, 11) is 0. The van der Waals surface area contributed by atoms with Crippen LogP contribution < -0.4 is 5.32 Å². The summed E-state index contributed by atoms with van der Waals surface area (Å²) >= 11 is 11.9. The van der Waals surface area contributed by atoms with E-state index in [9.17, 15) is 4.79 Å². The highest BCUT2D eigenvalue weighted by molar-refractivity contribution is 6.30. The highest BCUT2D eigenvalue weighted by Gasteiger charge is 2.32. The van der Waals surface area contributed by atoms with E-state index in [1.165, 1.54) is 5.01 Å². The molecule has 4 rings (SSSR count). The first-order valence-corrected chi connectivity index (χ1v) is 9.11. The van der Waals surface area contributed by atoms with Gasteiger partial charge in [-0.3, -0.25) is 4.79 Å². The van der Waals surface area contributed by atoms with Crippen molar-refractivity contribution in [1.29, 1.82) is 0 Å². The molecule has 6 heteroatoms. The molecular formula is C21H15Cl2N3O. The Morgan fingerprint density at radius 2 is 1.52 bits per heavy atom. The van der Waals surface area contributed by atoms with Crippen LogP contribution in [0.3, 0.4) is 0 Å². The lowest BCUT2D eigenvalue weighted by atomic mass is 10.1. The largest absolute Gasteiger partial charge is 0.359 e. The topological polar surface area (TPSA) is 44.7 Å². The number of hydrazone groups is 1. The quantitative estimate of drug-likeness (QED) is 0.587. The van der Waals surface area contributed by atoms with Crippen molar-refractivity contribution in [1.82, 2.24) is 5.01 Å². The Balaban J connectivity index is 1.73. The van der Waals surface area contributed by atoms with E-state index in [1.54, 1.807) is 36.5 Å². The molecule has 0 saturated carbocycles. The summed E-state index contributed by atoms with van der Waals surface area (Å²) in [6.45, 7) is 0. The second-order valence-electron chi connectivity index (χ2n) is 6.09. The van der Waals surface area contributed by atoms with Crippen molar-refractivity contribution in [3.05, 3.63) is 99.5 Å². The maximum absolute atomic E-state index is 13.1. The molecule has 1 atom stereocenters. The first-order valence-electron chi connectivity index (χ1n) is 8.36. The number of anilines is 1. The molecule has 4 nitrogen and oxygen atoms in total. The van der Waals surface area contributed by atoms with Gasteiger partial charge in [-0.05, 0) is 47.5 Å². The van der Waals surface area contributed by atoms with Crippen molar-refractivity contribution < 1.29 is 4.79 Å². The summed E-state index contributed by atoms with van der Waals surface area (Å²) in [4.78, 5) is 13.1. The number of para-hydroxylation sites is 1. The van der Waals surface area contributed by atoms with Crippen molar-refractivity contribution >= 4 is 41.0 Å². The third kappa shape index (κ3) is 3.68. The number of carbonyl (C=O) groups excluding carboxylic acids is 1. The second kappa shape index (κ2) is 7.43. The minimum absolute atomic E-state index is 0.172. The van der Waals surface area contributed by atoms with Crippen molar-refractivity contribution in [2.24, 2.45) is 5.10 Å². The van der Waals surface area contributed by atoms with Crippen LogP contribution in [-0.2, 0) is 0 Å². The fraction of sp³-hybridized carbons (Fsp3) is 0.0476. The van der Waals surface area contributed by atoms with Crippen LogP contribution >= 0.6 is 23.2 Å². The van der Waals surface area contributed by atoms with Gasteiger partial charge in [-0.2, -0.15) is 5.10 Å². The zero-order chi connectivity index (χ0) is 18.8. The molecule has 1 N–H and O–H groups in total. The van der Waals surface area contributed by atoms with Crippen LogP contribution in [0.1, 0.15) is 27.7 Å². The van der Waals surface area contributed by atoms with Crippen molar-refractivity contribution in [2.75, 3.05) is 5.32 Å². The number of nitrogens with one attached hydrogen (secondary N) is 1. The van der Waals surface area contributed by atoms with E-state index in [0.29, 0.717) is 15.6 Å². The van der Waals surface area contributed by atoms with Gasteiger partial charge in [0, 0.05) is 15.7 Å². The summed E-state index contributed by atoms with van der Waals surface area (Å²) in [6, 6.07) is 22.0. The van der Waals surface area contributed by atoms with Gasteiger partial charge in [0.2, 0.25) is 0 Å². The molecule has 1 aliphatic heterocycles. The van der Waals surface area contributed by atoms with Crippen LogP contribution in [0.15, 0.2) is 77.9 Å². The Labute approximate surface area is 167 Å². The molecule has 0 spiro atoms. The Hall–Kier alpha value is -2.82. The molecule has 3 aromatic rings. The predicted molar refractivity (Wildman–Crippen MR) is 109 cm³/mol. The molecule has 1 amide bonds. The number of fused-ring (bicyclic) bond motifs is 1. The fourth-order valence-corrected chi connectivity index (χ4v) is 3.16. The van der Waals surface area contributed by atoms with Gasteiger partial charge in [0.1, 0.15) is 0 Å². The smallest absolute Gasteiger partial charge is 0.278 e. The Kier molecular flexibility index (Phi) is 4.84. The van der Waals surface area contributed by atoms with E-state index in [-0.39, 0.29) is 5.91 Å². The molecule has 27 heavy (non-hydrogen) atoms. The van der Waals surface area contributed by atoms with Crippen LogP contribution in [-0.4, -0.2) is 17.1 Å². The average Bonchev–Trinajstić information content (AvgIpc) is 2.69. The van der Waals surface area contributed by atoms with Crippen molar-refractivity contribution in [3.8, 4) is 0 Å². The molecule has 1 aliphatic rings. The summed E-state index contributed by atoms with van der Waals surface area (Å²) in [5, 5.41) is 10.6. The normalized spacial score (nSPS) is 16.3. The van der Waals surface area contributed by atoms with E-state index in [2.05, 4.69) is 10.4 Å². The summed E-state index contributed by atoms with van der Waals surface area (Å²) in [5.74, 6) is -0.172. The molecule has 0 bridgehead atoms. The standard InChI is InChI=1S/C21H15Cl2N3O/c22-16-9-5-14(6-10-16)13-24-26-20(15-7-11-17(23)12-8-15)25-19-4-2-1-3-18(19)21(26)27/h1-13,20,25H. The Morgan fingerprint density at radius 3 is 2.22 bits per heavy atom. The molecule has 0 saturated heterocycles. The third-order valence-electron chi connectivity index (χ3n) is 4.29. The SMILES string of the molecule is O=C1c2ccccc2NC(c2ccc(Cl)cc2)N1N=Cc1ccc(Cl)cc1. The minimum Gasteiger partial charge on any atom is -0.359 e. The van der Waals surface area contributed by atoms with Gasteiger partial charge < -0.3 is 5.32 Å². The maximum Gasteiger partial charge on any atom is 0.278 e. The van der Waals surface area contributed by atoms with E-state index < -0.39 is 6.17 Å². The maximum atomic E-state index is 13.1. The molecule has 0 fully saturated rings. The predicted octanol–water partition coefficient (Wildman–Crippen LogP) is 5.59. The van der Waals surface area contributed by atoms with Gasteiger partial charge in [0.25, 0.3) is 5.91 Å². The van der Waals surface area contributed by atoms with Gasteiger partial charge in [-0.15, -0.1) is 0 Å². The first-order chi connectivity index (χ1) is 13.1. The Bertz CT molecular complexity index is 1000. The van der Waals surface area contributed by atoms with E-state index in [1.807, 2.05) is 42.5 Å². The summed E-state index contributed by atoms with van der Waals surface area (Å²) < 4.78 is 0. The second-order valence-corrected chi connectivity index (χ2v) is 6.96. The number of rotatable bonds is 3. The number of benzene rings is 3. The summed E-state index contributed by atoms with van der Waals surface area (Å²) in [6.07, 6.45) is 1.21. The fourth-order valence-electron chi connectivity index (χ4n) is 2.91. The molecule has 134 valence electrons. The highest BCUT2D eigenvalue weighted by Crippen LogP contribution is 2.33. The van der Waals surface area contributed by atoms with E-state index >= 15 is 0 Å². The number of hydrogen-bond acceptors (Lipinski definition) is 3. The molecule has 3 aromatic carbocycles. The lowest BCUT2D eigenvalue weighted by Gasteiger charge is -2.34. The van der Waals surface area contributed by atoms with Crippen LogP contribution in [0.25, 0.3) is 0 Å². The molecule has 0 aliphatic carbocycles. The van der Waals surface area contributed by atoms with Crippen molar-refractivity contribution in [3.63, 3.8) is 0 Å². The van der Waals surface area contributed by atoms with Gasteiger partial charge in [-0.1, -0.05) is 59.6 Å². The number of amides is 1. The third-order valence-corrected chi connectivity index (χ3v) is 4.79. The number of hydrogen-bond donors (Lipinski definition) is 1. The van der Waals surface area contributed by atoms with E-state index in [0.717, 1.165) is 16.8 Å². The van der Waals surface area contributed by atoms with Crippen LogP contribution in [0.4, 0.5) is 5.69 Å². The van der Waals surface area contributed by atoms with Gasteiger partial charge in [-0.25, -0.2) is 5.01 Å². The van der Waals surface area contributed by atoms with Gasteiger partial charge >= 0.3 is 0 Å². The lowest BCUT2D eigenvalue weighted by molar-refractivity contribution is 0.0691. The van der Waals surface area contributed by atoms with Crippen molar-refractivity contribution in [2.45, 2.75) is 6.17 Å². The lowest BCUT2D eigenvalue weighted by Crippen LogP contribution is -2.39. The summed E-state index contributed by atoms with van der Waals surface area (Å²) in [5.41, 5.74) is 3.09. The zero-order valence-corrected chi connectivity index (χ0v) is 15.7. The molecular weight excluding hydrogens is 381 g/mol. The molecule has 0 aromatic heterocycles. The number of nitrogens with zero attached hydrogens (tertiary/aromatic N) is 2. The van der Waals surface area contributed by atoms with Crippen LogP contribution in [0.5, 0.6) is 0 Å². The van der Waals surface area contributed by atoms with Gasteiger partial charge in [0.15, 0.2) is 6.17 Å². The zero-order valence-electron chi connectivity index (χ0n) is 14.1. The monoisotopic (exact) mass is 395 g/mol. The molecule has 1 heterocycles. The van der Waals surface area contributed by atoms with Gasteiger partial charge in [0.05, 0.1) is 11.8 Å². The molecule has 0 radical (unpaired) electrons. The number of halogens is 2.